The summed E-state index contributed by atoms with van der Waals surface area (Å²) in [6.45, 7) is 6.61. The molecule has 0 aliphatic carbocycles. The predicted molar refractivity (Wildman–Crippen MR) is 111 cm³/mol. The first-order valence-electron chi connectivity index (χ1n) is 8.99. The molecule has 0 amide bonds. The van der Waals surface area contributed by atoms with Crippen LogP contribution in [0, 0.1) is 11.3 Å². The Bertz CT molecular complexity index is 931. The molecule has 3 aromatic rings. The van der Waals surface area contributed by atoms with Crippen LogP contribution in [0.1, 0.15) is 31.9 Å². The highest BCUT2D eigenvalue weighted by atomic mass is 32.2. The summed E-state index contributed by atoms with van der Waals surface area (Å²) in [5.74, 6) is 0.814. The van der Waals surface area contributed by atoms with Crippen molar-refractivity contribution in [2.75, 3.05) is 0 Å². The zero-order chi connectivity index (χ0) is 19.4. The Balaban J connectivity index is 1.77. The molecule has 0 bridgehead atoms. The molecule has 0 N–H and O–H groups in total. The average Bonchev–Trinajstić information content (AvgIpc) is 3.02. The predicted octanol–water partition coefficient (Wildman–Crippen LogP) is 5.01. The minimum absolute atomic E-state index is 0.122. The molecule has 2 aromatic carbocycles. The summed E-state index contributed by atoms with van der Waals surface area (Å²) < 4.78 is 1.96. The normalized spacial score (nSPS) is 12.6. The Labute approximate surface area is 165 Å². The Morgan fingerprint density at radius 1 is 1.04 bits per heavy atom. The molecule has 0 aliphatic rings. The molecule has 1 atom stereocenters. The van der Waals surface area contributed by atoms with E-state index in [2.05, 4.69) is 61.3 Å². The molecule has 3 rings (SSSR count). The SMILES string of the molecule is Cn1c(S[C@H](C#N)Cc2ccccc2)nnc1-c1ccc(C(C)(C)C)cc1. The topological polar surface area (TPSA) is 54.5 Å². The lowest BCUT2D eigenvalue weighted by molar-refractivity contribution is 0.590. The Morgan fingerprint density at radius 2 is 1.70 bits per heavy atom. The Morgan fingerprint density at radius 3 is 2.30 bits per heavy atom. The van der Waals surface area contributed by atoms with E-state index in [0.29, 0.717) is 6.42 Å². The van der Waals surface area contributed by atoms with E-state index >= 15 is 0 Å². The molecule has 0 spiro atoms. The van der Waals surface area contributed by atoms with Crippen molar-refractivity contribution in [2.24, 2.45) is 7.05 Å². The number of hydrogen-bond donors (Lipinski definition) is 0. The number of rotatable bonds is 5. The molecule has 138 valence electrons. The van der Waals surface area contributed by atoms with E-state index in [0.717, 1.165) is 22.1 Å². The molecule has 0 fully saturated rings. The van der Waals surface area contributed by atoms with Crippen LogP contribution in [0.25, 0.3) is 11.4 Å². The maximum Gasteiger partial charge on any atom is 0.192 e. The van der Waals surface area contributed by atoms with Crippen molar-refractivity contribution in [3.05, 3.63) is 65.7 Å². The molecule has 0 radical (unpaired) electrons. The van der Waals surface area contributed by atoms with Crippen LogP contribution in [0.5, 0.6) is 0 Å². The smallest absolute Gasteiger partial charge is 0.192 e. The molecule has 0 aliphatic heterocycles. The van der Waals surface area contributed by atoms with Crippen LogP contribution in [0.15, 0.2) is 59.8 Å². The average molecular weight is 377 g/mol. The number of aromatic nitrogens is 3. The third kappa shape index (κ3) is 4.58. The molecular formula is C22H24N4S. The van der Waals surface area contributed by atoms with E-state index < -0.39 is 0 Å². The maximum absolute atomic E-state index is 9.54. The van der Waals surface area contributed by atoms with E-state index in [1.165, 1.54) is 17.3 Å². The monoisotopic (exact) mass is 376 g/mol. The van der Waals surface area contributed by atoms with Crippen LogP contribution < -0.4 is 0 Å². The molecule has 0 saturated carbocycles. The van der Waals surface area contributed by atoms with Gasteiger partial charge in [0.1, 0.15) is 5.25 Å². The van der Waals surface area contributed by atoms with Gasteiger partial charge < -0.3 is 4.57 Å². The third-order valence-electron chi connectivity index (χ3n) is 4.50. The standard InChI is InChI=1S/C22H24N4S/c1-22(2,3)18-12-10-17(11-13-18)20-24-25-21(26(20)4)27-19(15-23)14-16-8-6-5-7-9-16/h5-13,19H,14H2,1-4H3/t19-/m0/s1. The van der Waals surface area contributed by atoms with Crippen LogP contribution in [-0.4, -0.2) is 20.0 Å². The number of hydrogen-bond acceptors (Lipinski definition) is 4. The first kappa shape index (κ1) is 19.2. The van der Waals surface area contributed by atoms with Gasteiger partial charge in [-0.1, -0.05) is 87.1 Å². The van der Waals surface area contributed by atoms with Gasteiger partial charge in [-0.3, -0.25) is 0 Å². The van der Waals surface area contributed by atoms with Gasteiger partial charge >= 0.3 is 0 Å². The van der Waals surface area contributed by atoms with Crippen molar-refractivity contribution in [3.63, 3.8) is 0 Å². The van der Waals surface area contributed by atoms with Gasteiger partial charge in [0.15, 0.2) is 11.0 Å². The molecule has 4 nitrogen and oxygen atoms in total. The van der Waals surface area contributed by atoms with Crippen LogP contribution >= 0.6 is 11.8 Å². The van der Waals surface area contributed by atoms with Gasteiger partial charge in [-0.2, -0.15) is 5.26 Å². The van der Waals surface area contributed by atoms with Gasteiger partial charge in [0.25, 0.3) is 0 Å². The zero-order valence-corrected chi connectivity index (χ0v) is 17.0. The molecule has 0 unspecified atom stereocenters. The summed E-state index contributed by atoms with van der Waals surface area (Å²) in [4.78, 5) is 0. The summed E-state index contributed by atoms with van der Waals surface area (Å²) >= 11 is 1.46. The highest BCUT2D eigenvalue weighted by Gasteiger charge is 2.18. The molecule has 5 heteroatoms. The van der Waals surface area contributed by atoms with Gasteiger partial charge in [0, 0.05) is 12.6 Å². The van der Waals surface area contributed by atoms with Gasteiger partial charge in [0.05, 0.1) is 6.07 Å². The van der Waals surface area contributed by atoms with Gasteiger partial charge in [-0.25, -0.2) is 0 Å². The quantitative estimate of drug-likeness (QED) is 0.588. The molecule has 1 aromatic heterocycles. The highest BCUT2D eigenvalue weighted by Crippen LogP contribution is 2.29. The van der Waals surface area contributed by atoms with E-state index in [9.17, 15) is 5.26 Å². The van der Waals surface area contributed by atoms with Crippen LogP contribution in [0.4, 0.5) is 0 Å². The largest absolute Gasteiger partial charge is 0.305 e. The summed E-state index contributed by atoms with van der Waals surface area (Å²) in [6.07, 6.45) is 0.685. The highest BCUT2D eigenvalue weighted by molar-refractivity contribution is 8.00. The summed E-state index contributed by atoms with van der Waals surface area (Å²) in [7, 11) is 1.95. The number of nitrogens with zero attached hydrogens (tertiary/aromatic N) is 4. The van der Waals surface area contributed by atoms with Crippen molar-refractivity contribution in [3.8, 4) is 17.5 Å². The zero-order valence-electron chi connectivity index (χ0n) is 16.2. The lowest BCUT2D eigenvalue weighted by Gasteiger charge is -2.19. The lowest BCUT2D eigenvalue weighted by atomic mass is 9.87. The molecule has 27 heavy (non-hydrogen) atoms. The van der Waals surface area contributed by atoms with Crippen LogP contribution in [0.3, 0.4) is 0 Å². The second kappa shape index (κ2) is 7.98. The Hall–Kier alpha value is -2.58. The molecule has 0 saturated heterocycles. The fourth-order valence-corrected chi connectivity index (χ4v) is 3.77. The number of thioether (sulfide) groups is 1. The van der Waals surface area contributed by atoms with E-state index in [-0.39, 0.29) is 10.7 Å². The third-order valence-corrected chi connectivity index (χ3v) is 5.62. The lowest BCUT2D eigenvalue weighted by Crippen LogP contribution is -2.10. The van der Waals surface area contributed by atoms with Crippen LogP contribution in [0.2, 0.25) is 0 Å². The number of nitriles is 1. The summed E-state index contributed by atoms with van der Waals surface area (Å²) in [5.41, 5.74) is 3.59. The van der Waals surface area contributed by atoms with E-state index in [1.807, 2.05) is 41.9 Å². The van der Waals surface area contributed by atoms with Crippen molar-refractivity contribution in [1.82, 2.24) is 14.8 Å². The van der Waals surface area contributed by atoms with Gasteiger partial charge in [-0.15, -0.1) is 10.2 Å². The minimum Gasteiger partial charge on any atom is -0.305 e. The second-order valence-corrected chi connectivity index (χ2v) is 8.79. The van der Waals surface area contributed by atoms with Crippen molar-refractivity contribution in [2.45, 2.75) is 43.0 Å². The number of benzene rings is 2. The second-order valence-electron chi connectivity index (χ2n) is 7.62. The fraction of sp³-hybridized carbons (Fsp3) is 0.318. The maximum atomic E-state index is 9.54. The van der Waals surface area contributed by atoms with Crippen molar-refractivity contribution >= 4 is 11.8 Å². The van der Waals surface area contributed by atoms with Gasteiger partial charge in [-0.05, 0) is 23.0 Å². The van der Waals surface area contributed by atoms with Crippen molar-refractivity contribution < 1.29 is 0 Å². The first-order chi connectivity index (χ1) is 12.9. The summed E-state index contributed by atoms with van der Waals surface area (Å²) in [5, 5.41) is 18.8. The minimum atomic E-state index is -0.202. The van der Waals surface area contributed by atoms with Crippen molar-refractivity contribution in [1.29, 1.82) is 5.26 Å². The molecule has 1 heterocycles. The van der Waals surface area contributed by atoms with Gasteiger partial charge in [0.2, 0.25) is 0 Å². The summed E-state index contributed by atoms with van der Waals surface area (Å²) in [6, 6.07) is 20.9. The van der Waals surface area contributed by atoms with Crippen LogP contribution in [-0.2, 0) is 18.9 Å². The Kier molecular flexibility index (Phi) is 5.67. The fourth-order valence-electron chi connectivity index (χ4n) is 2.86. The first-order valence-corrected chi connectivity index (χ1v) is 9.87. The van der Waals surface area contributed by atoms with E-state index in [4.69, 9.17) is 0 Å². The molecular weight excluding hydrogens is 352 g/mol. The van der Waals surface area contributed by atoms with E-state index in [1.54, 1.807) is 0 Å².